The first kappa shape index (κ1) is 12.2. The largest absolute Gasteiger partial charge is 0.324 e. The predicted molar refractivity (Wildman–Crippen MR) is 69.2 cm³/mol. The Hall–Kier alpha value is 0.150. The molecule has 0 amide bonds. The van der Waals surface area contributed by atoms with Crippen molar-refractivity contribution >= 4 is 7.37 Å². The molecule has 3 aliphatic rings. The highest BCUT2D eigenvalue weighted by molar-refractivity contribution is 7.59. The van der Waals surface area contributed by atoms with Gasteiger partial charge in [-0.1, -0.05) is 25.7 Å². The summed E-state index contributed by atoms with van der Waals surface area (Å²) in [7, 11) is -2.54. The van der Waals surface area contributed by atoms with Gasteiger partial charge >= 0.3 is 0 Å². The molecule has 0 radical (unpaired) electrons. The fraction of sp³-hybridized carbons (Fsp3) is 1.00. The second-order valence-corrected chi connectivity index (χ2v) is 8.71. The molecule has 98 valence electrons. The van der Waals surface area contributed by atoms with Gasteiger partial charge < -0.3 is 10.3 Å². The molecule has 0 bridgehead atoms. The third-order valence-corrected chi connectivity index (χ3v) is 7.95. The van der Waals surface area contributed by atoms with Gasteiger partial charge in [0, 0.05) is 5.66 Å². The van der Waals surface area contributed by atoms with Crippen molar-refractivity contribution in [3.8, 4) is 0 Å². The molecule has 0 spiro atoms. The summed E-state index contributed by atoms with van der Waals surface area (Å²) in [5, 5.41) is 0. The summed E-state index contributed by atoms with van der Waals surface area (Å²) in [5.41, 5.74) is 6.07. The molecule has 3 nitrogen and oxygen atoms in total. The number of nitrogens with two attached hydrogens (primary N) is 1. The molecular weight excluding hydrogens is 233 g/mol. The maximum atomic E-state index is 12.9. The monoisotopic (exact) mass is 257 g/mol. The Bertz CT molecular complexity index is 333. The summed E-state index contributed by atoms with van der Waals surface area (Å²) in [4.78, 5) is 0. The van der Waals surface area contributed by atoms with Gasteiger partial charge in [-0.2, -0.15) is 0 Å². The zero-order valence-electron chi connectivity index (χ0n) is 10.5. The molecule has 1 heterocycles. The number of hydrogen-bond donors (Lipinski definition) is 1. The molecule has 1 aliphatic heterocycles. The average molecular weight is 257 g/mol. The first-order chi connectivity index (χ1) is 8.24. The Morgan fingerprint density at radius 3 is 2.41 bits per heavy atom. The van der Waals surface area contributed by atoms with Gasteiger partial charge in [-0.15, -0.1) is 0 Å². The van der Waals surface area contributed by atoms with Gasteiger partial charge in [-0.25, -0.2) is 0 Å². The van der Waals surface area contributed by atoms with Crippen LogP contribution in [0.4, 0.5) is 0 Å². The predicted octanol–water partition coefficient (Wildman–Crippen LogP) is 3.33. The summed E-state index contributed by atoms with van der Waals surface area (Å²) in [6.45, 7) is 0. The molecule has 3 rings (SSSR count). The van der Waals surface area contributed by atoms with E-state index in [2.05, 4.69) is 0 Å². The van der Waals surface area contributed by atoms with Gasteiger partial charge in [-0.3, -0.25) is 4.57 Å². The van der Waals surface area contributed by atoms with Gasteiger partial charge in [-0.05, 0) is 37.5 Å². The van der Waals surface area contributed by atoms with Crippen LogP contribution in [0.15, 0.2) is 0 Å². The van der Waals surface area contributed by atoms with Gasteiger partial charge in [0.15, 0.2) is 0 Å². The Morgan fingerprint density at radius 1 is 1.00 bits per heavy atom. The smallest absolute Gasteiger partial charge is 0.219 e. The molecule has 2 N–H and O–H groups in total. The molecule has 1 saturated heterocycles. The molecular formula is C13H24NO2P. The van der Waals surface area contributed by atoms with Crippen LogP contribution < -0.4 is 5.73 Å². The van der Waals surface area contributed by atoms with E-state index in [0.29, 0.717) is 17.5 Å². The Labute approximate surface area is 104 Å². The van der Waals surface area contributed by atoms with E-state index < -0.39 is 7.37 Å². The maximum absolute atomic E-state index is 12.9. The van der Waals surface area contributed by atoms with Gasteiger partial charge in [0.05, 0.1) is 12.4 Å². The number of rotatable bonds is 1. The zero-order chi connectivity index (χ0) is 11.9. The van der Waals surface area contributed by atoms with E-state index in [1.807, 2.05) is 0 Å². The van der Waals surface area contributed by atoms with Crippen LogP contribution >= 0.6 is 7.37 Å². The SMILES string of the molecule is NCP1(=O)OC2CCCCC2C2CCCCC21. The number of fused-ring (bicyclic) bond motifs is 3. The van der Waals surface area contributed by atoms with Crippen LogP contribution in [-0.4, -0.2) is 18.0 Å². The Morgan fingerprint density at radius 2 is 1.65 bits per heavy atom. The lowest BCUT2D eigenvalue weighted by Gasteiger charge is -2.50. The van der Waals surface area contributed by atoms with Crippen LogP contribution in [-0.2, 0) is 9.09 Å². The fourth-order valence-electron chi connectivity index (χ4n) is 4.36. The third kappa shape index (κ3) is 2.01. The van der Waals surface area contributed by atoms with E-state index in [4.69, 9.17) is 10.3 Å². The van der Waals surface area contributed by atoms with Crippen molar-refractivity contribution in [2.24, 2.45) is 17.6 Å². The Kier molecular flexibility index (Phi) is 3.36. The molecule has 3 fully saturated rings. The normalized spacial score (nSPS) is 50.4. The van der Waals surface area contributed by atoms with Crippen molar-refractivity contribution in [2.75, 3.05) is 6.29 Å². The van der Waals surface area contributed by atoms with Crippen LogP contribution in [0.2, 0.25) is 0 Å². The van der Waals surface area contributed by atoms with E-state index in [0.717, 1.165) is 12.8 Å². The maximum Gasteiger partial charge on any atom is 0.219 e. The van der Waals surface area contributed by atoms with Crippen LogP contribution in [0.5, 0.6) is 0 Å². The highest BCUT2D eigenvalue weighted by Gasteiger charge is 2.51. The standard InChI is InChI=1S/C13H24NO2P/c14-9-17(15)13-8-4-2-6-11(13)10-5-1-3-7-12(10)16-17/h10-13H,1-9,14H2. The van der Waals surface area contributed by atoms with Crippen molar-refractivity contribution in [1.82, 2.24) is 0 Å². The van der Waals surface area contributed by atoms with Crippen LogP contribution in [0.1, 0.15) is 51.4 Å². The molecule has 0 aromatic carbocycles. The van der Waals surface area contributed by atoms with E-state index in [1.54, 1.807) is 0 Å². The first-order valence-electron chi connectivity index (χ1n) is 7.22. The van der Waals surface area contributed by atoms with Gasteiger partial charge in [0.25, 0.3) is 0 Å². The van der Waals surface area contributed by atoms with E-state index in [-0.39, 0.29) is 12.4 Å². The van der Waals surface area contributed by atoms with E-state index in [9.17, 15) is 4.57 Å². The third-order valence-electron chi connectivity index (χ3n) is 5.16. The second-order valence-electron chi connectivity index (χ2n) is 6.02. The summed E-state index contributed by atoms with van der Waals surface area (Å²) >= 11 is 0. The Balaban J connectivity index is 1.89. The summed E-state index contributed by atoms with van der Waals surface area (Å²) in [6, 6.07) is 0. The molecule has 0 aromatic rings. The molecule has 4 heteroatoms. The van der Waals surface area contributed by atoms with E-state index in [1.165, 1.54) is 38.5 Å². The van der Waals surface area contributed by atoms with Crippen molar-refractivity contribution < 1.29 is 9.09 Å². The highest BCUT2D eigenvalue weighted by atomic mass is 31.2. The van der Waals surface area contributed by atoms with Crippen molar-refractivity contribution in [3.63, 3.8) is 0 Å². The minimum Gasteiger partial charge on any atom is -0.324 e. The van der Waals surface area contributed by atoms with Crippen molar-refractivity contribution in [2.45, 2.75) is 63.1 Å². The van der Waals surface area contributed by atoms with Crippen LogP contribution in [0, 0.1) is 11.8 Å². The molecule has 0 aromatic heterocycles. The second kappa shape index (κ2) is 4.68. The molecule has 2 aliphatic carbocycles. The summed E-state index contributed by atoms with van der Waals surface area (Å²) < 4.78 is 18.9. The average Bonchev–Trinajstić information content (AvgIpc) is 2.39. The topological polar surface area (TPSA) is 52.3 Å². The first-order valence-corrected chi connectivity index (χ1v) is 9.10. The summed E-state index contributed by atoms with van der Waals surface area (Å²) in [6.07, 6.45) is 10.4. The summed E-state index contributed by atoms with van der Waals surface area (Å²) in [5.74, 6) is 1.33. The fourth-order valence-corrected chi connectivity index (χ4v) is 7.12. The van der Waals surface area contributed by atoms with Crippen LogP contribution in [0.25, 0.3) is 0 Å². The lowest BCUT2D eigenvalue weighted by molar-refractivity contribution is 0.0174. The molecule has 2 saturated carbocycles. The minimum absolute atomic E-state index is 0.261. The molecule has 17 heavy (non-hydrogen) atoms. The van der Waals surface area contributed by atoms with Gasteiger partial charge in [0.1, 0.15) is 0 Å². The van der Waals surface area contributed by atoms with Gasteiger partial charge in [0.2, 0.25) is 7.37 Å². The quantitative estimate of drug-likeness (QED) is 0.733. The minimum atomic E-state index is -2.54. The lowest BCUT2D eigenvalue weighted by atomic mass is 9.71. The van der Waals surface area contributed by atoms with E-state index >= 15 is 0 Å². The molecule has 5 unspecified atom stereocenters. The highest BCUT2D eigenvalue weighted by Crippen LogP contribution is 2.65. The van der Waals surface area contributed by atoms with Crippen molar-refractivity contribution in [1.29, 1.82) is 0 Å². The molecule has 5 atom stereocenters. The van der Waals surface area contributed by atoms with Crippen molar-refractivity contribution in [3.05, 3.63) is 0 Å². The van der Waals surface area contributed by atoms with Crippen LogP contribution in [0.3, 0.4) is 0 Å². The lowest BCUT2D eigenvalue weighted by Crippen LogP contribution is -2.46. The zero-order valence-corrected chi connectivity index (χ0v) is 11.4. The number of hydrogen-bond acceptors (Lipinski definition) is 3.